The smallest absolute Gasteiger partial charge is 0.226 e. The van der Waals surface area contributed by atoms with Gasteiger partial charge in [-0.3, -0.25) is 4.79 Å². The van der Waals surface area contributed by atoms with Gasteiger partial charge in [-0.1, -0.05) is 23.5 Å². The molecule has 5 nitrogen and oxygen atoms in total. The molecule has 82 valence electrons. The summed E-state index contributed by atoms with van der Waals surface area (Å²) >= 11 is 2.18. The molecule has 0 radical (unpaired) electrons. The van der Waals surface area contributed by atoms with Crippen LogP contribution in [0.2, 0.25) is 0 Å². The standard InChI is InChI=1S/C9H8N4OS2/c10-6-3-1-2-5(4-6)7(14)15-9-13-12-8(11)16-9/h1-4H,10H2,(H2,11,12). The van der Waals surface area contributed by atoms with Crippen LogP contribution in [0.15, 0.2) is 28.6 Å². The van der Waals surface area contributed by atoms with Gasteiger partial charge in [0.05, 0.1) is 0 Å². The molecule has 0 atom stereocenters. The van der Waals surface area contributed by atoms with Crippen molar-refractivity contribution in [2.45, 2.75) is 4.34 Å². The quantitative estimate of drug-likeness (QED) is 0.623. The summed E-state index contributed by atoms with van der Waals surface area (Å²) in [6.45, 7) is 0. The molecule has 1 heterocycles. The van der Waals surface area contributed by atoms with Crippen molar-refractivity contribution in [2.24, 2.45) is 0 Å². The summed E-state index contributed by atoms with van der Waals surface area (Å²) in [6, 6.07) is 6.79. The summed E-state index contributed by atoms with van der Waals surface area (Å²) in [5, 5.41) is 7.62. The molecule has 0 fully saturated rings. The Kier molecular flexibility index (Phi) is 3.07. The fraction of sp³-hybridized carbons (Fsp3) is 0. The molecule has 16 heavy (non-hydrogen) atoms. The van der Waals surface area contributed by atoms with E-state index in [9.17, 15) is 4.79 Å². The number of benzene rings is 1. The van der Waals surface area contributed by atoms with Gasteiger partial charge in [0.15, 0.2) is 4.34 Å². The van der Waals surface area contributed by atoms with E-state index in [0.29, 0.717) is 20.7 Å². The normalized spacial score (nSPS) is 10.2. The molecule has 7 heteroatoms. The van der Waals surface area contributed by atoms with E-state index in [1.807, 2.05) is 0 Å². The lowest BCUT2D eigenvalue weighted by Gasteiger charge is -1.98. The van der Waals surface area contributed by atoms with E-state index in [0.717, 1.165) is 11.8 Å². The van der Waals surface area contributed by atoms with Gasteiger partial charge < -0.3 is 11.5 Å². The van der Waals surface area contributed by atoms with Gasteiger partial charge in [0.25, 0.3) is 0 Å². The molecule has 0 aliphatic rings. The Balaban J connectivity index is 2.14. The molecule has 0 bridgehead atoms. The molecular formula is C9H8N4OS2. The zero-order valence-electron chi connectivity index (χ0n) is 8.08. The number of carbonyl (C=O) groups excluding carboxylic acids is 1. The lowest BCUT2D eigenvalue weighted by molar-refractivity contribution is 0.108. The highest BCUT2D eigenvalue weighted by Gasteiger charge is 2.11. The van der Waals surface area contributed by atoms with Crippen LogP contribution in [-0.2, 0) is 0 Å². The topological polar surface area (TPSA) is 94.9 Å². The van der Waals surface area contributed by atoms with Gasteiger partial charge in [0, 0.05) is 11.3 Å². The first kappa shape index (κ1) is 10.9. The Hall–Kier alpha value is -1.60. The number of aromatic nitrogens is 2. The molecule has 0 aliphatic carbocycles. The molecular weight excluding hydrogens is 244 g/mol. The Bertz CT molecular complexity index is 526. The molecule has 4 N–H and O–H groups in total. The average molecular weight is 252 g/mol. The van der Waals surface area contributed by atoms with Crippen LogP contribution >= 0.6 is 23.1 Å². The van der Waals surface area contributed by atoms with E-state index in [1.54, 1.807) is 24.3 Å². The SMILES string of the molecule is Nc1cccc(C(=O)Sc2nnc(N)s2)c1. The summed E-state index contributed by atoms with van der Waals surface area (Å²) < 4.78 is 0.532. The second-order valence-electron chi connectivity index (χ2n) is 2.92. The minimum absolute atomic E-state index is 0.122. The maximum absolute atomic E-state index is 11.8. The lowest BCUT2D eigenvalue weighted by atomic mass is 10.2. The van der Waals surface area contributed by atoms with Crippen LogP contribution < -0.4 is 11.5 Å². The largest absolute Gasteiger partial charge is 0.399 e. The second kappa shape index (κ2) is 4.50. The first-order valence-corrected chi connectivity index (χ1v) is 5.95. The third kappa shape index (κ3) is 2.50. The highest BCUT2D eigenvalue weighted by Crippen LogP contribution is 2.27. The van der Waals surface area contributed by atoms with Gasteiger partial charge in [0.2, 0.25) is 10.2 Å². The number of carbonyl (C=O) groups is 1. The number of anilines is 2. The van der Waals surface area contributed by atoms with Gasteiger partial charge in [-0.15, -0.1) is 10.2 Å². The number of nitrogens with two attached hydrogens (primary N) is 2. The number of rotatable bonds is 2. The zero-order chi connectivity index (χ0) is 11.5. The lowest BCUT2D eigenvalue weighted by Crippen LogP contribution is -1.94. The van der Waals surface area contributed by atoms with Crippen molar-refractivity contribution < 1.29 is 4.79 Å². The maximum Gasteiger partial charge on any atom is 0.226 e. The van der Waals surface area contributed by atoms with Crippen LogP contribution in [0.4, 0.5) is 10.8 Å². The van der Waals surface area contributed by atoms with E-state index < -0.39 is 0 Å². The average Bonchev–Trinajstić information content (AvgIpc) is 2.64. The highest BCUT2D eigenvalue weighted by atomic mass is 32.2. The molecule has 2 rings (SSSR count). The van der Waals surface area contributed by atoms with Crippen LogP contribution in [0.3, 0.4) is 0 Å². The van der Waals surface area contributed by atoms with Gasteiger partial charge >= 0.3 is 0 Å². The minimum atomic E-state index is -0.122. The van der Waals surface area contributed by atoms with Crippen molar-refractivity contribution in [1.29, 1.82) is 0 Å². The van der Waals surface area contributed by atoms with Crippen LogP contribution in [-0.4, -0.2) is 15.3 Å². The van der Waals surface area contributed by atoms with E-state index in [-0.39, 0.29) is 5.12 Å². The number of hydrogen-bond donors (Lipinski definition) is 2. The van der Waals surface area contributed by atoms with E-state index >= 15 is 0 Å². The number of thioether (sulfide) groups is 1. The molecule has 0 saturated heterocycles. The van der Waals surface area contributed by atoms with Crippen LogP contribution in [0.5, 0.6) is 0 Å². The van der Waals surface area contributed by atoms with Crippen molar-refractivity contribution >= 4 is 39.0 Å². The third-order valence-electron chi connectivity index (χ3n) is 1.72. The maximum atomic E-state index is 11.8. The third-order valence-corrected chi connectivity index (χ3v) is 3.45. The van der Waals surface area contributed by atoms with Crippen LogP contribution in [0, 0.1) is 0 Å². The molecule has 1 aromatic heterocycles. The van der Waals surface area contributed by atoms with Gasteiger partial charge in [0.1, 0.15) is 0 Å². The molecule has 0 saturated carbocycles. The molecule has 0 aliphatic heterocycles. The van der Waals surface area contributed by atoms with Gasteiger partial charge in [-0.05, 0) is 23.9 Å². The van der Waals surface area contributed by atoms with Crippen molar-refractivity contribution in [3.63, 3.8) is 0 Å². The monoisotopic (exact) mass is 252 g/mol. The number of nitrogens with zero attached hydrogens (tertiary/aromatic N) is 2. The summed E-state index contributed by atoms with van der Waals surface area (Å²) in [4.78, 5) is 11.8. The Morgan fingerprint density at radius 1 is 1.31 bits per heavy atom. The van der Waals surface area contributed by atoms with E-state index in [4.69, 9.17) is 11.5 Å². The number of nitrogen functional groups attached to an aromatic ring is 2. The summed E-state index contributed by atoms with van der Waals surface area (Å²) in [5.41, 5.74) is 12.1. The van der Waals surface area contributed by atoms with Gasteiger partial charge in [-0.2, -0.15) is 0 Å². The predicted molar refractivity (Wildman–Crippen MR) is 65.4 cm³/mol. The molecule has 0 spiro atoms. The Morgan fingerprint density at radius 2 is 2.12 bits per heavy atom. The van der Waals surface area contributed by atoms with Crippen molar-refractivity contribution in [3.8, 4) is 0 Å². The van der Waals surface area contributed by atoms with Crippen molar-refractivity contribution in [3.05, 3.63) is 29.8 Å². The highest BCUT2D eigenvalue weighted by molar-refractivity contribution is 8.15. The second-order valence-corrected chi connectivity index (χ2v) is 5.15. The molecule has 0 amide bonds. The first-order chi connectivity index (χ1) is 7.65. The zero-order valence-corrected chi connectivity index (χ0v) is 9.72. The fourth-order valence-electron chi connectivity index (χ4n) is 1.07. The summed E-state index contributed by atoms with van der Waals surface area (Å²) in [7, 11) is 0. The Morgan fingerprint density at radius 3 is 2.75 bits per heavy atom. The minimum Gasteiger partial charge on any atom is -0.399 e. The number of hydrogen-bond acceptors (Lipinski definition) is 7. The summed E-state index contributed by atoms with van der Waals surface area (Å²) in [5.74, 6) is 0. The molecule has 1 aromatic carbocycles. The van der Waals surface area contributed by atoms with Crippen molar-refractivity contribution in [2.75, 3.05) is 11.5 Å². The first-order valence-electron chi connectivity index (χ1n) is 4.32. The van der Waals surface area contributed by atoms with Crippen molar-refractivity contribution in [1.82, 2.24) is 10.2 Å². The van der Waals surface area contributed by atoms with E-state index in [2.05, 4.69) is 10.2 Å². The predicted octanol–water partition coefficient (Wildman–Crippen LogP) is 1.64. The van der Waals surface area contributed by atoms with Crippen LogP contribution in [0.25, 0.3) is 0 Å². The fourth-order valence-corrected chi connectivity index (χ4v) is 2.54. The summed E-state index contributed by atoms with van der Waals surface area (Å²) in [6.07, 6.45) is 0. The van der Waals surface area contributed by atoms with Crippen LogP contribution in [0.1, 0.15) is 10.4 Å². The molecule has 0 unspecified atom stereocenters. The van der Waals surface area contributed by atoms with Gasteiger partial charge in [-0.25, -0.2) is 0 Å². The Labute approximate surface area is 99.9 Å². The van der Waals surface area contributed by atoms with E-state index in [1.165, 1.54) is 11.3 Å². The molecule has 2 aromatic rings.